The van der Waals surface area contributed by atoms with E-state index in [1.807, 2.05) is 11.3 Å². The van der Waals surface area contributed by atoms with Crippen LogP contribution in [0.2, 0.25) is 0 Å². The summed E-state index contributed by atoms with van der Waals surface area (Å²) in [4.78, 5) is 5.37. The number of benzene rings is 7. The van der Waals surface area contributed by atoms with Crippen molar-refractivity contribution >= 4 is 99.8 Å². The van der Waals surface area contributed by atoms with Gasteiger partial charge in [0, 0.05) is 54.1 Å². The number of fused-ring (bicyclic) bond motifs is 10. The molecule has 77 heavy (non-hydrogen) atoms. The second-order valence-corrected chi connectivity index (χ2v) is 31.0. The van der Waals surface area contributed by atoms with E-state index >= 15 is 0 Å². The van der Waals surface area contributed by atoms with Crippen molar-refractivity contribution < 1.29 is 0 Å². The maximum atomic E-state index is 2.70. The van der Waals surface area contributed by atoms with Crippen molar-refractivity contribution in [2.24, 2.45) is 0 Å². The predicted molar refractivity (Wildman–Crippen MR) is 339 cm³/mol. The highest BCUT2D eigenvalue weighted by atomic mass is 32.1. The van der Waals surface area contributed by atoms with Gasteiger partial charge in [0.2, 0.25) is 0 Å². The molecule has 0 atom stereocenters. The van der Waals surface area contributed by atoms with Crippen LogP contribution in [0.15, 0.2) is 127 Å². The van der Waals surface area contributed by atoms with Gasteiger partial charge in [-0.15, -0.1) is 11.3 Å². The van der Waals surface area contributed by atoms with Crippen LogP contribution in [0.1, 0.15) is 183 Å². The van der Waals surface area contributed by atoms with Crippen molar-refractivity contribution in [3.05, 3.63) is 166 Å². The Bertz CT molecular complexity index is 3810. The summed E-state index contributed by atoms with van der Waals surface area (Å²) in [5, 5.41) is 3.93. The largest absolute Gasteiger partial charge is 0.311 e. The third kappa shape index (κ3) is 8.25. The quantitative estimate of drug-likeness (QED) is 0.163. The van der Waals surface area contributed by atoms with Crippen molar-refractivity contribution in [2.75, 3.05) is 9.80 Å². The van der Waals surface area contributed by atoms with Crippen molar-refractivity contribution in [3.63, 3.8) is 0 Å². The molecule has 0 amide bonds. The van der Waals surface area contributed by atoms with Crippen LogP contribution in [-0.4, -0.2) is 11.3 Å². The summed E-state index contributed by atoms with van der Waals surface area (Å²) in [7, 11) is 0. The topological polar surface area (TPSA) is 11.4 Å². The number of thiophene rings is 1. The molecular formula is C72H82BN3S. The van der Waals surface area contributed by atoms with E-state index in [0.29, 0.717) is 0 Å². The van der Waals surface area contributed by atoms with Crippen LogP contribution in [0.3, 0.4) is 0 Å². The number of rotatable bonds is 3. The fourth-order valence-electron chi connectivity index (χ4n) is 13.1. The smallest absolute Gasteiger partial charge is 0.264 e. The van der Waals surface area contributed by atoms with Gasteiger partial charge in [-0.3, -0.25) is 0 Å². The molecule has 0 radical (unpaired) electrons. The first-order valence-corrected chi connectivity index (χ1v) is 29.5. The Labute approximate surface area is 465 Å². The maximum absolute atomic E-state index is 2.70. The number of hydrogen-bond acceptors (Lipinski definition) is 3. The maximum Gasteiger partial charge on any atom is 0.264 e. The second-order valence-electron chi connectivity index (χ2n) is 29.9. The summed E-state index contributed by atoms with van der Waals surface area (Å²) in [5.74, 6) is 0. The highest BCUT2D eigenvalue weighted by molar-refractivity contribution is 7.33. The van der Waals surface area contributed by atoms with Crippen LogP contribution in [0, 0.1) is 0 Å². The summed E-state index contributed by atoms with van der Waals surface area (Å²) in [6.07, 6.45) is 2.32. The molecule has 4 heterocycles. The van der Waals surface area contributed by atoms with Gasteiger partial charge in [0.1, 0.15) is 0 Å². The highest BCUT2D eigenvalue weighted by Crippen LogP contribution is 2.53. The van der Waals surface area contributed by atoms with Gasteiger partial charge in [0.05, 0.1) is 22.4 Å². The fourth-order valence-corrected chi connectivity index (χ4v) is 14.4. The Morgan fingerprint density at radius 2 is 0.805 bits per heavy atom. The van der Waals surface area contributed by atoms with Crippen LogP contribution >= 0.6 is 11.3 Å². The molecule has 5 heteroatoms. The molecule has 0 saturated heterocycles. The van der Waals surface area contributed by atoms with Crippen molar-refractivity contribution in [1.82, 2.24) is 4.57 Å². The Kier molecular flexibility index (Phi) is 11.2. The molecule has 3 aliphatic rings. The van der Waals surface area contributed by atoms with Crippen molar-refractivity contribution in [3.8, 4) is 5.69 Å². The van der Waals surface area contributed by atoms with Gasteiger partial charge in [-0.05, 0) is 179 Å². The molecule has 0 spiro atoms. The zero-order valence-electron chi connectivity index (χ0n) is 49.9. The molecule has 394 valence electrons. The molecule has 0 fully saturated rings. The Morgan fingerprint density at radius 1 is 0.403 bits per heavy atom. The molecule has 1 aliphatic carbocycles. The average molecular weight is 1030 g/mol. The van der Waals surface area contributed by atoms with Gasteiger partial charge in [-0.2, -0.15) is 0 Å². The van der Waals surface area contributed by atoms with Crippen LogP contribution in [0.25, 0.3) is 37.6 Å². The van der Waals surface area contributed by atoms with Crippen LogP contribution in [-0.2, 0) is 37.9 Å². The summed E-state index contributed by atoms with van der Waals surface area (Å²) in [6.45, 7) is 45.0. The molecule has 7 aromatic carbocycles. The summed E-state index contributed by atoms with van der Waals surface area (Å²) < 4.78 is 5.36. The monoisotopic (exact) mass is 1030 g/mol. The zero-order chi connectivity index (χ0) is 55.1. The lowest BCUT2D eigenvalue weighted by Gasteiger charge is -2.47. The van der Waals surface area contributed by atoms with Gasteiger partial charge in [0.25, 0.3) is 6.71 Å². The van der Waals surface area contributed by atoms with E-state index in [2.05, 4.69) is 273 Å². The third-order valence-corrected chi connectivity index (χ3v) is 19.4. The van der Waals surface area contributed by atoms with Gasteiger partial charge < -0.3 is 14.4 Å². The van der Waals surface area contributed by atoms with E-state index in [0.717, 1.165) is 12.8 Å². The van der Waals surface area contributed by atoms with E-state index in [9.17, 15) is 0 Å². The Hall–Kier alpha value is -6.04. The number of anilines is 6. The molecule has 9 aromatic rings. The molecular weight excluding hydrogens is 950 g/mol. The number of aromatic nitrogens is 1. The predicted octanol–water partition coefficient (Wildman–Crippen LogP) is 18.9. The highest BCUT2D eigenvalue weighted by Gasteiger charge is 2.48. The van der Waals surface area contributed by atoms with E-state index in [4.69, 9.17) is 0 Å². The molecule has 2 aliphatic heterocycles. The molecule has 2 aromatic heterocycles. The van der Waals surface area contributed by atoms with E-state index < -0.39 is 0 Å². The lowest BCUT2D eigenvalue weighted by molar-refractivity contribution is 0.332. The van der Waals surface area contributed by atoms with Gasteiger partial charge in [0.15, 0.2) is 0 Å². The van der Waals surface area contributed by atoms with Gasteiger partial charge in [-0.1, -0.05) is 180 Å². The second kappa shape index (κ2) is 16.7. The zero-order valence-corrected chi connectivity index (χ0v) is 50.7. The summed E-state index contributed by atoms with van der Waals surface area (Å²) in [6, 6.07) is 51.6. The lowest BCUT2D eigenvalue weighted by atomic mass is 9.35. The van der Waals surface area contributed by atoms with Crippen molar-refractivity contribution in [2.45, 2.75) is 182 Å². The molecule has 0 bridgehead atoms. The first-order valence-electron chi connectivity index (χ1n) is 28.7. The third-order valence-electron chi connectivity index (χ3n) is 18.2. The average Bonchev–Trinajstić information content (AvgIpc) is 4.05. The van der Waals surface area contributed by atoms with Crippen molar-refractivity contribution in [1.29, 1.82) is 0 Å². The molecule has 0 saturated carbocycles. The Balaban J connectivity index is 1.27. The first kappa shape index (κ1) is 51.7. The lowest BCUT2D eigenvalue weighted by Crippen LogP contribution is -2.61. The Morgan fingerprint density at radius 3 is 1.27 bits per heavy atom. The molecule has 3 nitrogen and oxygen atoms in total. The minimum atomic E-state index is -0.0245. The summed E-state index contributed by atoms with van der Waals surface area (Å²) in [5.41, 5.74) is 23.6. The van der Waals surface area contributed by atoms with Crippen LogP contribution < -0.4 is 25.5 Å². The number of hydrogen-bond donors (Lipinski definition) is 0. The van der Waals surface area contributed by atoms with Crippen LogP contribution in [0.4, 0.5) is 34.1 Å². The molecule has 12 rings (SSSR count). The first-order chi connectivity index (χ1) is 35.8. The fraction of sp³-hybridized carbons (Fsp3) is 0.389. The SMILES string of the molecule is CC(C)(C)c1ccc(N2c3cc4c(cc3B3c5sc6ccc(C(C)(C)C)cc6c5N(c5ccc(C(C)(C)C)cc5)c5cc(-n6c7ccc(C(C)(C)C)cc7c7cc(C(C)(C)C)ccc76)cc2c53)C(C)(C)CCC4(C)C)cc1. The minimum absolute atomic E-state index is 0.00212. The van der Waals surface area contributed by atoms with E-state index in [-0.39, 0.29) is 44.6 Å². The van der Waals surface area contributed by atoms with Gasteiger partial charge >= 0.3 is 0 Å². The molecule has 0 N–H and O–H groups in total. The van der Waals surface area contributed by atoms with Crippen LogP contribution in [0.5, 0.6) is 0 Å². The number of nitrogens with zero attached hydrogens (tertiary/aromatic N) is 3. The normalized spacial score (nSPS) is 16.3. The summed E-state index contributed by atoms with van der Waals surface area (Å²) >= 11 is 2.01. The van der Waals surface area contributed by atoms with E-state index in [1.54, 1.807) is 0 Å². The van der Waals surface area contributed by atoms with E-state index in [1.165, 1.54) is 126 Å². The standard InChI is InChI=1S/C72H82BN3S/c1-66(2,3)43-20-27-48(28-21-43)74-59-42-55-54(71(16,17)34-35-72(55,18)19)41-56(59)73-63-60(74)39-50(75-57-31-24-45(68(7,8)9)36-51(57)52-37-46(69(10,11)12)25-32-58(52)75)40-61(63)76(49-29-22-44(23-30-49)67(4,5)6)64-53-38-47(70(13,14)15)26-33-62(53)77-65(64)73/h20-33,36-42H,34-35H2,1-19H3. The molecule has 0 unspecified atom stereocenters. The minimum Gasteiger partial charge on any atom is -0.311 e. The van der Waals surface area contributed by atoms with Gasteiger partial charge in [-0.25, -0.2) is 0 Å².